The largest absolute Gasteiger partial charge is 0.756 e. The second-order valence-corrected chi connectivity index (χ2v) is 25.5. The summed E-state index contributed by atoms with van der Waals surface area (Å²) in [5.74, 6) is -0.836. The van der Waals surface area contributed by atoms with Crippen LogP contribution in [0.25, 0.3) is 0 Å². The van der Waals surface area contributed by atoms with Crippen LogP contribution in [0.3, 0.4) is 0 Å². The van der Waals surface area contributed by atoms with Gasteiger partial charge in [0.15, 0.2) is 6.10 Å². The van der Waals surface area contributed by atoms with Crippen molar-refractivity contribution in [2.75, 3.05) is 47.5 Å². The standard InChI is InChI=1S/C76H130NO8P/c1-6-8-10-12-14-16-18-20-22-24-26-28-30-32-34-35-36-37-38-39-40-41-43-45-47-49-51-53-55-57-59-61-63-65-67-69-76(79)85-74(73-84-86(80,81)83-71-70-77(3,4)5)72-82-75(78)68-66-64-62-60-58-56-54-52-50-48-46-44-42-33-31-29-27-25-23-21-19-17-15-13-11-9-7-2/h8-11,14-17,20-23,26-29,32-34,36-37,42,74H,6-7,12-13,18-19,24-25,30-31,35,38-41,43-73H2,1-5H3/b10-8-,11-9-,16-14-,17-15-,22-20-,23-21-,28-26-,29-27-,34-32-,37-36-,42-33-. The maximum absolute atomic E-state index is 12.9. The predicted molar refractivity (Wildman–Crippen MR) is 369 cm³/mol. The molecule has 0 aromatic heterocycles. The van der Waals surface area contributed by atoms with Crippen molar-refractivity contribution in [1.29, 1.82) is 0 Å². The molecule has 0 aliphatic carbocycles. The monoisotopic (exact) mass is 1220 g/mol. The number of esters is 2. The Balaban J connectivity index is 4.06. The van der Waals surface area contributed by atoms with E-state index in [2.05, 4.69) is 148 Å². The topological polar surface area (TPSA) is 111 Å². The van der Waals surface area contributed by atoms with Crippen molar-refractivity contribution in [3.8, 4) is 0 Å². The second-order valence-electron chi connectivity index (χ2n) is 24.1. The van der Waals surface area contributed by atoms with Crippen LogP contribution in [0.4, 0.5) is 0 Å². The molecule has 0 aromatic carbocycles. The number of phosphoric ester groups is 1. The van der Waals surface area contributed by atoms with Gasteiger partial charge in [-0.1, -0.05) is 295 Å². The van der Waals surface area contributed by atoms with E-state index in [0.717, 1.165) is 122 Å². The highest BCUT2D eigenvalue weighted by Crippen LogP contribution is 2.38. The predicted octanol–water partition coefficient (Wildman–Crippen LogP) is 22.2. The van der Waals surface area contributed by atoms with Gasteiger partial charge in [-0.05, 0) is 109 Å². The van der Waals surface area contributed by atoms with Gasteiger partial charge in [-0.15, -0.1) is 0 Å². The van der Waals surface area contributed by atoms with Gasteiger partial charge in [-0.3, -0.25) is 14.2 Å². The molecule has 10 heteroatoms. The van der Waals surface area contributed by atoms with Gasteiger partial charge in [0.05, 0.1) is 27.7 Å². The van der Waals surface area contributed by atoms with E-state index < -0.39 is 26.5 Å². The number of quaternary nitrogens is 1. The van der Waals surface area contributed by atoms with E-state index in [-0.39, 0.29) is 32.0 Å². The lowest BCUT2D eigenvalue weighted by Crippen LogP contribution is -2.37. The smallest absolute Gasteiger partial charge is 0.306 e. The number of nitrogens with zero attached hydrogens (tertiary/aromatic N) is 1. The Morgan fingerprint density at radius 2 is 0.628 bits per heavy atom. The summed E-state index contributed by atoms with van der Waals surface area (Å²) in [5.41, 5.74) is 0. The quantitative estimate of drug-likeness (QED) is 0.0195. The fourth-order valence-corrected chi connectivity index (χ4v) is 10.1. The molecule has 2 atom stereocenters. The summed E-state index contributed by atoms with van der Waals surface area (Å²) in [6.07, 6.45) is 95.2. The first-order valence-corrected chi connectivity index (χ1v) is 36.4. The lowest BCUT2D eigenvalue weighted by molar-refractivity contribution is -0.870. The molecule has 0 saturated heterocycles. The molecule has 0 fully saturated rings. The van der Waals surface area contributed by atoms with Crippen LogP contribution in [0.1, 0.15) is 284 Å². The third-order valence-corrected chi connectivity index (χ3v) is 15.6. The lowest BCUT2D eigenvalue weighted by atomic mass is 10.0. The van der Waals surface area contributed by atoms with Gasteiger partial charge in [-0.2, -0.15) is 0 Å². The van der Waals surface area contributed by atoms with E-state index in [1.165, 1.54) is 128 Å². The van der Waals surface area contributed by atoms with Crippen LogP contribution in [0.5, 0.6) is 0 Å². The maximum atomic E-state index is 12.9. The average Bonchev–Trinajstić information content (AvgIpc) is 3.56. The number of carbonyl (C=O) groups is 2. The van der Waals surface area contributed by atoms with Gasteiger partial charge < -0.3 is 27.9 Å². The van der Waals surface area contributed by atoms with Crippen LogP contribution < -0.4 is 4.89 Å². The summed E-state index contributed by atoms with van der Waals surface area (Å²) in [6.45, 7) is 4.02. The minimum absolute atomic E-state index is 0.0360. The zero-order valence-electron chi connectivity index (χ0n) is 56.0. The average molecular weight is 1220 g/mol. The number of allylic oxidation sites excluding steroid dienone is 22. The molecular formula is C76H130NO8P. The van der Waals surface area contributed by atoms with Gasteiger partial charge in [0.2, 0.25) is 0 Å². The molecule has 0 rings (SSSR count). The Bertz CT molecular complexity index is 1910. The first-order valence-electron chi connectivity index (χ1n) is 34.9. The number of ether oxygens (including phenoxy) is 2. The van der Waals surface area contributed by atoms with Crippen molar-refractivity contribution in [3.63, 3.8) is 0 Å². The van der Waals surface area contributed by atoms with Crippen molar-refractivity contribution >= 4 is 19.8 Å². The van der Waals surface area contributed by atoms with E-state index >= 15 is 0 Å². The fraction of sp³-hybridized carbons (Fsp3) is 0.684. The number of unbranched alkanes of at least 4 members (excludes halogenated alkanes) is 27. The fourth-order valence-electron chi connectivity index (χ4n) is 9.39. The Kier molecular flexibility index (Phi) is 62.7. The molecule has 0 saturated carbocycles. The highest BCUT2D eigenvalue weighted by atomic mass is 31.2. The van der Waals surface area contributed by atoms with Crippen molar-refractivity contribution in [2.24, 2.45) is 0 Å². The second kappa shape index (κ2) is 65.6. The van der Waals surface area contributed by atoms with E-state index in [4.69, 9.17) is 18.5 Å². The number of likely N-dealkylation sites (N-methyl/N-ethyl adjacent to an activating group) is 1. The van der Waals surface area contributed by atoms with Crippen molar-refractivity contribution < 1.29 is 42.1 Å². The van der Waals surface area contributed by atoms with Crippen molar-refractivity contribution in [2.45, 2.75) is 290 Å². The molecule has 0 aliphatic rings. The third kappa shape index (κ3) is 69.3. The molecule has 492 valence electrons. The molecular weight excluding hydrogens is 1090 g/mol. The van der Waals surface area contributed by atoms with Gasteiger partial charge >= 0.3 is 11.9 Å². The molecule has 0 N–H and O–H groups in total. The molecule has 0 spiro atoms. The first kappa shape index (κ1) is 82.1. The zero-order chi connectivity index (χ0) is 62.6. The van der Waals surface area contributed by atoms with Crippen LogP contribution >= 0.6 is 7.82 Å². The summed E-state index contributed by atoms with van der Waals surface area (Å²) in [5, 5.41) is 0. The Labute approximate surface area is 530 Å². The highest BCUT2D eigenvalue weighted by molar-refractivity contribution is 7.45. The Morgan fingerprint density at radius 3 is 0.930 bits per heavy atom. The SMILES string of the molecule is CC/C=C\C/C=C\C/C=C\C/C=C\C/C=C\C/C=C\CCCCCCCCCCCCCCCCCCC(=O)OC(COC(=O)CCCCCCCCCCCCC/C=C\C/C=C\C/C=C\C/C=C\C/C=C\CC)COP(=O)([O-])OCC[N+](C)(C)C. The van der Waals surface area contributed by atoms with Crippen LogP contribution in [0, 0.1) is 0 Å². The third-order valence-electron chi connectivity index (χ3n) is 14.7. The summed E-state index contributed by atoms with van der Waals surface area (Å²) >= 11 is 0. The molecule has 9 nitrogen and oxygen atoms in total. The van der Waals surface area contributed by atoms with E-state index in [1.807, 2.05) is 21.1 Å². The number of phosphoric acid groups is 1. The normalized spacial score (nSPS) is 14.0. The molecule has 0 heterocycles. The molecule has 0 amide bonds. The Hall–Kier alpha value is -3.85. The van der Waals surface area contributed by atoms with Crippen molar-refractivity contribution in [3.05, 3.63) is 134 Å². The minimum Gasteiger partial charge on any atom is -0.756 e. The summed E-state index contributed by atoms with van der Waals surface area (Å²) in [6, 6.07) is 0. The number of hydrogen-bond acceptors (Lipinski definition) is 8. The van der Waals surface area contributed by atoms with Crippen LogP contribution in [0.2, 0.25) is 0 Å². The minimum atomic E-state index is -4.65. The summed E-state index contributed by atoms with van der Waals surface area (Å²) in [7, 11) is 1.16. The van der Waals surface area contributed by atoms with Crippen LogP contribution in [-0.4, -0.2) is 70.0 Å². The van der Waals surface area contributed by atoms with E-state index in [1.54, 1.807) is 0 Å². The molecule has 86 heavy (non-hydrogen) atoms. The van der Waals surface area contributed by atoms with Gasteiger partial charge in [-0.25, -0.2) is 0 Å². The number of carbonyl (C=O) groups excluding carboxylic acids is 2. The van der Waals surface area contributed by atoms with Crippen molar-refractivity contribution in [1.82, 2.24) is 0 Å². The molecule has 0 aliphatic heterocycles. The van der Waals surface area contributed by atoms with Crippen LogP contribution in [0.15, 0.2) is 134 Å². The highest BCUT2D eigenvalue weighted by Gasteiger charge is 2.22. The van der Waals surface area contributed by atoms with E-state index in [0.29, 0.717) is 17.4 Å². The van der Waals surface area contributed by atoms with E-state index in [9.17, 15) is 19.0 Å². The summed E-state index contributed by atoms with van der Waals surface area (Å²) < 4.78 is 34.3. The zero-order valence-corrected chi connectivity index (χ0v) is 56.9. The Morgan fingerprint density at radius 1 is 0.360 bits per heavy atom. The first-order chi connectivity index (χ1) is 42.0. The van der Waals surface area contributed by atoms with Gasteiger partial charge in [0, 0.05) is 12.8 Å². The molecule has 2 unspecified atom stereocenters. The lowest BCUT2D eigenvalue weighted by Gasteiger charge is -2.28. The van der Waals surface area contributed by atoms with Crippen LogP contribution in [-0.2, 0) is 32.7 Å². The molecule has 0 bridgehead atoms. The molecule has 0 aromatic rings. The summed E-state index contributed by atoms with van der Waals surface area (Å²) in [4.78, 5) is 38.1. The number of hydrogen-bond donors (Lipinski definition) is 0. The van der Waals surface area contributed by atoms with Gasteiger partial charge in [0.25, 0.3) is 7.82 Å². The molecule has 0 radical (unpaired) electrons. The van der Waals surface area contributed by atoms with Gasteiger partial charge in [0.1, 0.15) is 19.8 Å². The number of rotatable bonds is 63. The maximum Gasteiger partial charge on any atom is 0.306 e.